The number of urea groups is 1. The Morgan fingerprint density at radius 3 is 2.73 bits per heavy atom. The number of amides is 3. The van der Waals surface area contributed by atoms with E-state index in [2.05, 4.69) is 10.3 Å². The lowest BCUT2D eigenvalue weighted by Crippen LogP contribution is -2.32. The van der Waals surface area contributed by atoms with Gasteiger partial charge in [0.1, 0.15) is 11.6 Å². The van der Waals surface area contributed by atoms with Gasteiger partial charge in [-0.25, -0.2) is 14.2 Å². The average Bonchev–Trinajstić information content (AvgIpc) is 3.00. The zero-order valence-corrected chi connectivity index (χ0v) is 15.0. The third kappa shape index (κ3) is 3.77. The minimum atomic E-state index is -0.519. The molecule has 2 heterocycles. The molecule has 3 amide bonds. The van der Waals surface area contributed by atoms with Gasteiger partial charge in [0.15, 0.2) is 0 Å². The number of halogens is 2. The minimum Gasteiger partial charge on any atom is -0.324 e. The predicted octanol–water partition coefficient (Wildman–Crippen LogP) is 3.32. The van der Waals surface area contributed by atoms with Crippen molar-refractivity contribution in [2.75, 3.05) is 29.9 Å². The fourth-order valence-corrected chi connectivity index (χ4v) is 3.01. The molecule has 0 saturated carbocycles. The van der Waals surface area contributed by atoms with E-state index < -0.39 is 11.7 Å². The van der Waals surface area contributed by atoms with Crippen LogP contribution in [0.3, 0.4) is 0 Å². The lowest BCUT2D eigenvalue weighted by Gasteiger charge is -2.16. The molecule has 2 aromatic rings. The van der Waals surface area contributed by atoms with E-state index in [1.807, 2.05) is 6.92 Å². The maximum absolute atomic E-state index is 13.8. The van der Waals surface area contributed by atoms with Crippen LogP contribution in [0.4, 0.5) is 20.7 Å². The molecule has 1 aromatic carbocycles. The molecule has 0 bridgehead atoms. The number of hydrogen-bond acceptors (Lipinski definition) is 3. The van der Waals surface area contributed by atoms with Crippen molar-refractivity contribution < 1.29 is 14.0 Å². The number of rotatable bonds is 5. The van der Waals surface area contributed by atoms with E-state index in [4.69, 9.17) is 11.6 Å². The monoisotopic (exact) mass is 376 g/mol. The molecule has 0 spiro atoms. The van der Waals surface area contributed by atoms with Gasteiger partial charge in [-0.3, -0.25) is 9.69 Å². The number of nitrogens with one attached hydrogen (secondary N) is 1. The predicted molar refractivity (Wildman–Crippen MR) is 98.0 cm³/mol. The first-order valence-electron chi connectivity index (χ1n) is 8.25. The molecule has 1 saturated heterocycles. The second kappa shape index (κ2) is 7.70. The molecule has 1 aromatic heterocycles. The molecule has 8 heteroatoms. The van der Waals surface area contributed by atoms with Gasteiger partial charge in [-0.05, 0) is 31.2 Å². The number of carbonyl (C=O) groups excluding carboxylic acids is 2. The normalized spacial score (nSPS) is 14.0. The van der Waals surface area contributed by atoms with Gasteiger partial charge in [0, 0.05) is 30.2 Å². The Balaban J connectivity index is 1.64. The van der Waals surface area contributed by atoms with Crippen molar-refractivity contribution in [2.24, 2.45) is 0 Å². The minimum absolute atomic E-state index is 0.0778. The third-order valence-corrected chi connectivity index (χ3v) is 4.54. The van der Waals surface area contributed by atoms with Gasteiger partial charge in [-0.1, -0.05) is 17.7 Å². The van der Waals surface area contributed by atoms with Crippen LogP contribution in [0.15, 0.2) is 36.5 Å². The van der Waals surface area contributed by atoms with Crippen LogP contribution < -0.4 is 10.2 Å². The number of pyridine rings is 1. The van der Waals surface area contributed by atoms with Crippen molar-refractivity contribution in [3.05, 3.63) is 52.9 Å². The molecule has 6 nitrogen and oxygen atoms in total. The third-order valence-electron chi connectivity index (χ3n) is 4.18. The van der Waals surface area contributed by atoms with Gasteiger partial charge in [0.2, 0.25) is 5.91 Å². The Hall–Kier alpha value is -2.67. The van der Waals surface area contributed by atoms with Crippen molar-refractivity contribution in [3.63, 3.8) is 0 Å². The lowest BCUT2D eigenvalue weighted by atomic mass is 10.1. The number of carbonyl (C=O) groups is 2. The molecule has 1 N–H and O–H groups in total. The fraction of sp³-hybridized carbons (Fsp3) is 0.278. The Labute approximate surface area is 155 Å². The van der Waals surface area contributed by atoms with Gasteiger partial charge in [0.25, 0.3) is 0 Å². The van der Waals surface area contributed by atoms with E-state index in [-0.39, 0.29) is 23.0 Å². The summed E-state index contributed by atoms with van der Waals surface area (Å²) in [6.07, 6.45) is 1.29. The Morgan fingerprint density at radius 2 is 2.12 bits per heavy atom. The van der Waals surface area contributed by atoms with Crippen LogP contribution in [-0.2, 0) is 11.2 Å². The summed E-state index contributed by atoms with van der Waals surface area (Å²) in [5.74, 6) is -0.392. The first-order valence-corrected chi connectivity index (χ1v) is 8.62. The number of likely N-dealkylation sites (N-methyl/N-ethyl adjacent to an activating group) is 1. The molecule has 26 heavy (non-hydrogen) atoms. The van der Waals surface area contributed by atoms with Gasteiger partial charge in [-0.2, -0.15) is 0 Å². The molecule has 1 fully saturated rings. The van der Waals surface area contributed by atoms with Crippen molar-refractivity contribution >= 4 is 35.0 Å². The number of aromatic nitrogens is 1. The van der Waals surface area contributed by atoms with E-state index in [0.29, 0.717) is 31.1 Å². The molecular formula is C18H18ClFN4O2. The lowest BCUT2D eigenvalue weighted by molar-refractivity contribution is -0.115. The quantitative estimate of drug-likeness (QED) is 0.870. The average molecular weight is 377 g/mol. The number of anilines is 2. The van der Waals surface area contributed by atoms with Crippen LogP contribution in [0.2, 0.25) is 5.02 Å². The fourth-order valence-electron chi connectivity index (χ4n) is 2.78. The highest BCUT2D eigenvalue weighted by Crippen LogP contribution is 2.21. The SMILES string of the molecule is CCN1CCN(c2ccc(NC(=O)Cc3c(F)cccc3Cl)cn2)C1=O. The summed E-state index contributed by atoms with van der Waals surface area (Å²) in [6, 6.07) is 7.54. The number of nitrogens with zero attached hydrogens (tertiary/aromatic N) is 3. The maximum atomic E-state index is 13.8. The summed E-state index contributed by atoms with van der Waals surface area (Å²) in [7, 11) is 0. The summed E-state index contributed by atoms with van der Waals surface area (Å²) in [4.78, 5) is 31.8. The zero-order valence-electron chi connectivity index (χ0n) is 14.2. The molecule has 1 aliphatic rings. The van der Waals surface area contributed by atoms with Crippen molar-refractivity contribution in [2.45, 2.75) is 13.3 Å². The van der Waals surface area contributed by atoms with E-state index in [1.54, 1.807) is 21.9 Å². The topological polar surface area (TPSA) is 65.5 Å². The van der Waals surface area contributed by atoms with Crippen molar-refractivity contribution in [1.82, 2.24) is 9.88 Å². The van der Waals surface area contributed by atoms with Crippen LogP contribution in [0.1, 0.15) is 12.5 Å². The zero-order chi connectivity index (χ0) is 18.7. The van der Waals surface area contributed by atoms with E-state index in [1.165, 1.54) is 24.4 Å². The molecular weight excluding hydrogens is 359 g/mol. The maximum Gasteiger partial charge on any atom is 0.325 e. The Morgan fingerprint density at radius 1 is 1.31 bits per heavy atom. The van der Waals surface area contributed by atoms with E-state index >= 15 is 0 Å². The standard InChI is InChI=1S/C18H18ClFN4O2/c1-2-23-8-9-24(18(23)26)16-7-6-12(11-21-16)22-17(25)10-13-14(19)4-3-5-15(13)20/h3-7,11H,2,8-10H2,1H3,(H,22,25). The second-order valence-electron chi connectivity index (χ2n) is 5.84. The van der Waals surface area contributed by atoms with Crippen molar-refractivity contribution in [3.8, 4) is 0 Å². The van der Waals surface area contributed by atoms with Crippen LogP contribution in [0, 0.1) is 5.82 Å². The molecule has 0 unspecified atom stereocenters. The van der Waals surface area contributed by atoms with E-state index in [0.717, 1.165) is 0 Å². The second-order valence-corrected chi connectivity index (χ2v) is 6.25. The van der Waals surface area contributed by atoms with Gasteiger partial charge >= 0.3 is 6.03 Å². The smallest absolute Gasteiger partial charge is 0.324 e. The van der Waals surface area contributed by atoms with Gasteiger partial charge < -0.3 is 10.2 Å². The first kappa shape index (κ1) is 18.1. The highest BCUT2D eigenvalue weighted by Gasteiger charge is 2.28. The highest BCUT2D eigenvalue weighted by atomic mass is 35.5. The first-order chi connectivity index (χ1) is 12.5. The van der Waals surface area contributed by atoms with Crippen LogP contribution >= 0.6 is 11.6 Å². The highest BCUT2D eigenvalue weighted by molar-refractivity contribution is 6.31. The van der Waals surface area contributed by atoms with Gasteiger partial charge in [-0.15, -0.1) is 0 Å². The Kier molecular flexibility index (Phi) is 5.37. The number of hydrogen-bond donors (Lipinski definition) is 1. The van der Waals surface area contributed by atoms with Crippen LogP contribution in [0.25, 0.3) is 0 Å². The summed E-state index contributed by atoms with van der Waals surface area (Å²) in [6.45, 7) is 3.83. The molecule has 0 atom stereocenters. The summed E-state index contributed by atoms with van der Waals surface area (Å²) >= 11 is 5.93. The summed E-state index contributed by atoms with van der Waals surface area (Å²) in [5.41, 5.74) is 0.615. The van der Waals surface area contributed by atoms with E-state index in [9.17, 15) is 14.0 Å². The molecule has 1 aliphatic heterocycles. The van der Waals surface area contributed by atoms with Crippen LogP contribution in [0.5, 0.6) is 0 Å². The molecule has 0 aliphatic carbocycles. The summed E-state index contributed by atoms with van der Waals surface area (Å²) in [5, 5.41) is 2.86. The van der Waals surface area contributed by atoms with Crippen LogP contribution in [-0.4, -0.2) is 41.5 Å². The largest absolute Gasteiger partial charge is 0.325 e. The molecule has 3 rings (SSSR count). The van der Waals surface area contributed by atoms with Crippen molar-refractivity contribution in [1.29, 1.82) is 0 Å². The van der Waals surface area contributed by atoms with Gasteiger partial charge in [0.05, 0.1) is 18.3 Å². The molecule has 0 radical (unpaired) electrons. The summed E-state index contributed by atoms with van der Waals surface area (Å²) < 4.78 is 13.8. The Bertz CT molecular complexity index is 808. The molecule has 136 valence electrons. The number of benzene rings is 1.